The second-order valence-electron chi connectivity index (χ2n) is 2.51. The molecule has 0 atom stereocenters. The minimum absolute atomic E-state index is 0.375. The Morgan fingerprint density at radius 1 is 1.38 bits per heavy atom. The maximum Gasteiger partial charge on any atom is 0.102 e. The molecule has 0 fully saturated rings. The molecular formula is C9H12N2O2. The lowest BCUT2D eigenvalue weighted by Crippen LogP contribution is -2.16. The average Bonchev–Trinajstić information content (AvgIpc) is 2.21. The molecule has 0 aliphatic heterocycles. The molecule has 0 amide bonds. The minimum Gasteiger partial charge on any atom is -0.249 e. The summed E-state index contributed by atoms with van der Waals surface area (Å²) in [5.41, 5.74) is 1.02. The summed E-state index contributed by atoms with van der Waals surface area (Å²) in [6.45, 7) is 2.63. The van der Waals surface area contributed by atoms with Crippen molar-refractivity contribution >= 4 is 0 Å². The van der Waals surface area contributed by atoms with E-state index in [1.807, 2.05) is 30.3 Å². The first-order chi connectivity index (χ1) is 6.36. The van der Waals surface area contributed by atoms with Crippen LogP contribution in [-0.2, 0) is 11.4 Å². The number of nitrogens with zero attached hydrogens (tertiary/aromatic N) is 2. The molecule has 0 aliphatic carbocycles. The molecule has 70 valence electrons. The maximum absolute atomic E-state index is 10.1. The Balaban J connectivity index is 2.38. The Labute approximate surface area is 77.0 Å². The fourth-order valence-electron chi connectivity index (χ4n) is 0.896. The molecular weight excluding hydrogens is 168 g/mol. The van der Waals surface area contributed by atoms with Crippen molar-refractivity contribution in [1.82, 2.24) is 5.17 Å². The van der Waals surface area contributed by atoms with Gasteiger partial charge in [0.25, 0.3) is 0 Å². The van der Waals surface area contributed by atoms with Gasteiger partial charge >= 0.3 is 0 Å². The van der Waals surface area contributed by atoms with Crippen LogP contribution in [0.25, 0.3) is 0 Å². The lowest BCUT2D eigenvalue weighted by atomic mass is 10.2. The summed E-state index contributed by atoms with van der Waals surface area (Å²) in [4.78, 5) is 15.2. The molecule has 0 aromatic heterocycles. The van der Waals surface area contributed by atoms with E-state index < -0.39 is 0 Å². The number of benzene rings is 1. The van der Waals surface area contributed by atoms with Gasteiger partial charge in [-0.2, -0.15) is 0 Å². The Kier molecular flexibility index (Phi) is 3.92. The molecule has 4 heteroatoms. The first kappa shape index (κ1) is 9.67. The third-order valence-electron chi connectivity index (χ3n) is 1.58. The molecule has 0 saturated carbocycles. The van der Waals surface area contributed by atoms with Crippen LogP contribution in [0.2, 0.25) is 0 Å². The van der Waals surface area contributed by atoms with Crippen LogP contribution in [0, 0.1) is 4.91 Å². The molecule has 0 unspecified atom stereocenters. The van der Waals surface area contributed by atoms with Gasteiger partial charge in [-0.05, 0) is 12.5 Å². The third-order valence-corrected chi connectivity index (χ3v) is 1.58. The highest BCUT2D eigenvalue weighted by Crippen LogP contribution is 2.02. The van der Waals surface area contributed by atoms with Crippen LogP contribution in [0.15, 0.2) is 35.6 Å². The molecule has 0 heterocycles. The molecule has 1 rings (SSSR count). The molecule has 0 bridgehead atoms. The molecule has 0 radical (unpaired) electrons. The normalized spacial score (nSPS) is 9.62. The molecule has 0 aliphatic rings. The third kappa shape index (κ3) is 3.21. The summed E-state index contributed by atoms with van der Waals surface area (Å²) in [7, 11) is 0. The van der Waals surface area contributed by atoms with Crippen LogP contribution in [0.1, 0.15) is 12.5 Å². The SMILES string of the molecule is CCN(N=O)OCc1ccccc1. The van der Waals surface area contributed by atoms with E-state index in [-0.39, 0.29) is 0 Å². The molecule has 0 spiro atoms. The lowest BCUT2D eigenvalue weighted by molar-refractivity contribution is -0.168. The molecule has 0 N–H and O–H groups in total. The van der Waals surface area contributed by atoms with Crippen LogP contribution in [-0.4, -0.2) is 11.7 Å². The summed E-state index contributed by atoms with van der Waals surface area (Å²) in [6.07, 6.45) is 0. The van der Waals surface area contributed by atoms with Crippen LogP contribution in [0.4, 0.5) is 0 Å². The predicted octanol–water partition coefficient (Wildman–Crippen LogP) is 2.12. The van der Waals surface area contributed by atoms with E-state index in [9.17, 15) is 4.91 Å². The van der Waals surface area contributed by atoms with Gasteiger partial charge in [-0.15, -0.1) is 10.1 Å². The molecule has 0 saturated heterocycles. The summed E-state index contributed by atoms with van der Waals surface area (Å²) < 4.78 is 0. The van der Waals surface area contributed by atoms with Crippen molar-refractivity contribution in [3.8, 4) is 0 Å². The van der Waals surface area contributed by atoms with Gasteiger partial charge in [0.15, 0.2) is 0 Å². The standard InChI is InChI=1S/C9H12N2O2/c1-2-11(10-12)13-8-9-6-4-3-5-7-9/h3-7H,2,8H2,1H3. The van der Waals surface area contributed by atoms with Crippen molar-refractivity contribution in [2.45, 2.75) is 13.5 Å². The van der Waals surface area contributed by atoms with Gasteiger partial charge in [-0.1, -0.05) is 30.3 Å². The number of hydrogen-bond donors (Lipinski definition) is 0. The van der Waals surface area contributed by atoms with Crippen molar-refractivity contribution in [2.75, 3.05) is 6.54 Å². The van der Waals surface area contributed by atoms with E-state index in [1.54, 1.807) is 6.92 Å². The van der Waals surface area contributed by atoms with Crippen molar-refractivity contribution < 1.29 is 4.84 Å². The summed E-state index contributed by atoms with van der Waals surface area (Å²) >= 11 is 0. The average molecular weight is 180 g/mol. The zero-order valence-corrected chi connectivity index (χ0v) is 7.51. The number of nitroso groups, excluding NO2 is 1. The largest absolute Gasteiger partial charge is 0.249 e. The zero-order chi connectivity index (χ0) is 9.52. The summed E-state index contributed by atoms with van der Waals surface area (Å²) in [5, 5.41) is 3.70. The maximum atomic E-state index is 10.1. The summed E-state index contributed by atoms with van der Waals surface area (Å²) in [5.74, 6) is 0. The minimum atomic E-state index is 0.375. The van der Waals surface area contributed by atoms with Crippen molar-refractivity contribution in [1.29, 1.82) is 0 Å². The highest BCUT2D eigenvalue weighted by Gasteiger charge is 1.99. The van der Waals surface area contributed by atoms with E-state index in [0.717, 1.165) is 10.7 Å². The van der Waals surface area contributed by atoms with Crippen LogP contribution in [0.5, 0.6) is 0 Å². The van der Waals surface area contributed by atoms with Crippen LogP contribution >= 0.6 is 0 Å². The Hall–Kier alpha value is -1.42. The van der Waals surface area contributed by atoms with Gasteiger partial charge in [0.2, 0.25) is 0 Å². The van der Waals surface area contributed by atoms with Gasteiger partial charge in [0, 0.05) is 0 Å². The van der Waals surface area contributed by atoms with E-state index >= 15 is 0 Å². The number of hydroxylamine groups is 1. The smallest absolute Gasteiger partial charge is 0.102 e. The topological polar surface area (TPSA) is 41.9 Å². The number of hydrogen-bond acceptors (Lipinski definition) is 3. The van der Waals surface area contributed by atoms with Gasteiger partial charge < -0.3 is 0 Å². The molecule has 13 heavy (non-hydrogen) atoms. The highest BCUT2D eigenvalue weighted by atomic mass is 16.7. The van der Waals surface area contributed by atoms with Gasteiger partial charge in [-0.25, -0.2) is 4.84 Å². The Morgan fingerprint density at radius 2 is 2.08 bits per heavy atom. The quantitative estimate of drug-likeness (QED) is 0.515. The first-order valence-corrected chi connectivity index (χ1v) is 4.14. The second kappa shape index (κ2) is 5.27. The Morgan fingerprint density at radius 3 is 2.62 bits per heavy atom. The molecule has 4 nitrogen and oxygen atoms in total. The van der Waals surface area contributed by atoms with E-state index in [4.69, 9.17) is 4.84 Å². The van der Waals surface area contributed by atoms with Crippen LogP contribution < -0.4 is 0 Å². The first-order valence-electron chi connectivity index (χ1n) is 4.14. The van der Waals surface area contributed by atoms with Crippen molar-refractivity contribution in [3.63, 3.8) is 0 Å². The highest BCUT2D eigenvalue weighted by molar-refractivity contribution is 5.13. The van der Waals surface area contributed by atoms with Crippen molar-refractivity contribution in [2.24, 2.45) is 5.29 Å². The van der Waals surface area contributed by atoms with E-state index in [0.29, 0.717) is 13.2 Å². The van der Waals surface area contributed by atoms with E-state index in [2.05, 4.69) is 5.29 Å². The predicted molar refractivity (Wildman–Crippen MR) is 49.4 cm³/mol. The summed E-state index contributed by atoms with van der Waals surface area (Å²) in [6, 6.07) is 9.63. The molecule has 1 aromatic carbocycles. The fourth-order valence-corrected chi connectivity index (χ4v) is 0.896. The van der Waals surface area contributed by atoms with E-state index in [1.165, 1.54) is 0 Å². The van der Waals surface area contributed by atoms with Crippen LogP contribution in [0.3, 0.4) is 0 Å². The second-order valence-corrected chi connectivity index (χ2v) is 2.51. The monoisotopic (exact) mass is 180 g/mol. The molecule has 1 aromatic rings. The van der Waals surface area contributed by atoms with Crippen molar-refractivity contribution in [3.05, 3.63) is 40.8 Å². The fraction of sp³-hybridized carbons (Fsp3) is 0.333. The van der Waals surface area contributed by atoms with Gasteiger partial charge in [0.05, 0.1) is 11.8 Å². The zero-order valence-electron chi connectivity index (χ0n) is 7.51. The Bertz CT molecular complexity index is 251. The van der Waals surface area contributed by atoms with Gasteiger partial charge in [0.1, 0.15) is 6.61 Å². The lowest BCUT2D eigenvalue weighted by Gasteiger charge is -2.11. The number of rotatable bonds is 5. The van der Waals surface area contributed by atoms with Gasteiger partial charge in [-0.3, -0.25) is 0 Å².